The molecule has 32 heavy (non-hydrogen) atoms. The number of nitrogens with one attached hydrogen (secondary N) is 2. The number of nitrogens with zero attached hydrogens (tertiary/aromatic N) is 2. The average molecular weight is 461 g/mol. The van der Waals surface area contributed by atoms with Gasteiger partial charge in [0.25, 0.3) is 0 Å². The number of carboxylic acid groups (broad SMARTS) is 2. The fraction of sp³-hybridized carbons (Fsp3) is 0.800. The minimum atomic E-state index is -1.19. The standard InChI is InChI=1S/C15H26N2O6.C5H10N2O2/c1-14(2,3)22-12(20)16-7-8-17(10(9-16)11(18)19)13(21)23-15(4,5)6;8-5(9)4-3-6-1-2-7-4/h10H,7-9H2,1-6H3,(H,18,19);4,6-7H,1-3H2,(H,8,9)/t10-;4-/m00/s1. The highest BCUT2D eigenvalue weighted by molar-refractivity contribution is 5.82. The Labute approximate surface area is 188 Å². The van der Waals surface area contributed by atoms with Gasteiger partial charge in [0.2, 0.25) is 0 Å². The number of aliphatic carboxylic acids is 2. The lowest BCUT2D eigenvalue weighted by Gasteiger charge is -2.39. The summed E-state index contributed by atoms with van der Waals surface area (Å²) < 4.78 is 10.5. The van der Waals surface area contributed by atoms with Gasteiger partial charge in [-0.25, -0.2) is 14.4 Å². The maximum atomic E-state index is 12.1. The molecule has 4 N–H and O–H groups in total. The zero-order valence-electron chi connectivity index (χ0n) is 19.6. The van der Waals surface area contributed by atoms with E-state index in [9.17, 15) is 24.3 Å². The van der Waals surface area contributed by atoms with Crippen LogP contribution in [0.5, 0.6) is 0 Å². The van der Waals surface area contributed by atoms with E-state index in [4.69, 9.17) is 14.6 Å². The number of hydrogen-bond acceptors (Lipinski definition) is 8. The number of piperazine rings is 2. The van der Waals surface area contributed by atoms with Gasteiger partial charge in [0.05, 0.1) is 6.54 Å². The van der Waals surface area contributed by atoms with Crippen LogP contribution in [0.2, 0.25) is 0 Å². The smallest absolute Gasteiger partial charge is 0.411 e. The Balaban J connectivity index is 0.000000471. The number of carbonyl (C=O) groups is 4. The van der Waals surface area contributed by atoms with Gasteiger partial charge in [-0.05, 0) is 41.5 Å². The molecule has 2 aliphatic heterocycles. The Kier molecular flexibility index (Phi) is 9.70. The second kappa shape index (κ2) is 11.3. The van der Waals surface area contributed by atoms with Crippen LogP contribution in [0.25, 0.3) is 0 Å². The Morgan fingerprint density at radius 3 is 1.81 bits per heavy atom. The van der Waals surface area contributed by atoms with Crippen molar-refractivity contribution in [3.05, 3.63) is 0 Å². The largest absolute Gasteiger partial charge is 0.480 e. The zero-order chi connectivity index (χ0) is 24.7. The molecule has 184 valence electrons. The molecular formula is C20H36N4O8. The molecule has 12 nitrogen and oxygen atoms in total. The molecule has 2 heterocycles. The monoisotopic (exact) mass is 460 g/mol. The summed E-state index contributed by atoms with van der Waals surface area (Å²) in [7, 11) is 0. The second-order valence-corrected chi connectivity index (χ2v) is 9.50. The first-order valence-corrected chi connectivity index (χ1v) is 10.5. The highest BCUT2D eigenvalue weighted by atomic mass is 16.6. The number of hydrogen-bond donors (Lipinski definition) is 4. The molecule has 0 radical (unpaired) electrons. The maximum Gasteiger partial charge on any atom is 0.411 e. The molecule has 2 atom stereocenters. The molecule has 0 aromatic rings. The fourth-order valence-electron chi connectivity index (χ4n) is 2.85. The van der Waals surface area contributed by atoms with E-state index in [0.717, 1.165) is 18.0 Å². The van der Waals surface area contributed by atoms with Gasteiger partial charge in [-0.3, -0.25) is 9.69 Å². The van der Waals surface area contributed by atoms with Crippen LogP contribution in [0.15, 0.2) is 0 Å². The van der Waals surface area contributed by atoms with E-state index in [0.29, 0.717) is 6.54 Å². The summed E-state index contributed by atoms with van der Waals surface area (Å²) in [6.07, 6.45) is -1.29. The van der Waals surface area contributed by atoms with Gasteiger partial charge in [-0.15, -0.1) is 0 Å². The minimum absolute atomic E-state index is 0.0745. The number of amides is 2. The SMILES string of the molecule is CC(C)(C)OC(=O)N1CCN(C(=O)OC(C)(C)C)[C@H](C(=O)O)C1.O=C(O)[C@@H]1CNCCN1. The third-order valence-corrected chi connectivity index (χ3v) is 4.28. The Bertz CT molecular complexity index is 680. The molecule has 2 saturated heterocycles. The number of ether oxygens (including phenoxy) is 2. The summed E-state index contributed by atoms with van der Waals surface area (Å²) in [4.78, 5) is 48.3. The maximum absolute atomic E-state index is 12.1. The molecule has 2 fully saturated rings. The van der Waals surface area contributed by atoms with Crippen molar-refractivity contribution in [3.63, 3.8) is 0 Å². The normalized spacial score (nSPS) is 21.7. The summed E-state index contributed by atoms with van der Waals surface area (Å²) in [5.41, 5.74) is -1.39. The quantitative estimate of drug-likeness (QED) is 0.459. The summed E-state index contributed by atoms with van der Waals surface area (Å²) >= 11 is 0. The van der Waals surface area contributed by atoms with Gasteiger partial charge in [0.15, 0.2) is 6.04 Å². The van der Waals surface area contributed by atoms with Gasteiger partial charge in [-0.2, -0.15) is 0 Å². The van der Waals surface area contributed by atoms with Crippen molar-refractivity contribution in [1.82, 2.24) is 20.4 Å². The van der Waals surface area contributed by atoms with E-state index in [1.165, 1.54) is 4.90 Å². The van der Waals surface area contributed by atoms with Crippen molar-refractivity contribution in [2.24, 2.45) is 0 Å². The van der Waals surface area contributed by atoms with Crippen LogP contribution in [-0.4, -0.2) is 107 Å². The van der Waals surface area contributed by atoms with Crippen molar-refractivity contribution in [3.8, 4) is 0 Å². The fourth-order valence-corrected chi connectivity index (χ4v) is 2.85. The zero-order valence-corrected chi connectivity index (χ0v) is 19.6. The summed E-state index contributed by atoms with van der Waals surface area (Å²) in [6, 6.07) is -1.55. The number of rotatable bonds is 2. The van der Waals surface area contributed by atoms with E-state index < -0.39 is 47.4 Å². The first-order valence-electron chi connectivity index (χ1n) is 10.5. The van der Waals surface area contributed by atoms with Crippen LogP contribution in [-0.2, 0) is 19.1 Å². The van der Waals surface area contributed by atoms with Crippen LogP contribution in [0, 0.1) is 0 Å². The van der Waals surface area contributed by atoms with Crippen LogP contribution in [0.3, 0.4) is 0 Å². The van der Waals surface area contributed by atoms with E-state index in [-0.39, 0.29) is 19.6 Å². The third-order valence-electron chi connectivity index (χ3n) is 4.28. The molecule has 2 aliphatic rings. The lowest BCUT2D eigenvalue weighted by Crippen LogP contribution is -2.60. The average Bonchev–Trinajstić information content (AvgIpc) is 2.66. The van der Waals surface area contributed by atoms with Crippen LogP contribution in [0.1, 0.15) is 41.5 Å². The highest BCUT2D eigenvalue weighted by Crippen LogP contribution is 2.18. The van der Waals surface area contributed by atoms with Gasteiger partial charge in [0.1, 0.15) is 17.2 Å². The number of carboxylic acids is 2. The van der Waals surface area contributed by atoms with Crippen molar-refractivity contribution in [1.29, 1.82) is 0 Å². The lowest BCUT2D eigenvalue weighted by molar-refractivity contribution is -0.145. The van der Waals surface area contributed by atoms with E-state index in [1.54, 1.807) is 41.5 Å². The molecule has 0 aromatic carbocycles. The molecule has 0 saturated carbocycles. The molecule has 0 aliphatic carbocycles. The summed E-state index contributed by atoms with van der Waals surface area (Å²) in [5.74, 6) is -1.97. The molecule has 0 aromatic heterocycles. The van der Waals surface area contributed by atoms with E-state index in [1.807, 2.05) is 0 Å². The first kappa shape index (κ1) is 27.4. The molecule has 12 heteroatoms. The lowest BCUT2D eigenvalue weighted by atomic mass is 10.1. The Hall–Kier alpha value is -2.60. The second-order valence-electron chi connectivity index (χ2n) is 9.50. The van der Waals surface area contributed by atoms with Crippen molar-refractivity contribution < 1.29 is 38.9 Å². The third kappa shape index (κ3) is 9.69. The predicted octanol–water partition coefficient (Wildman–Crippen LogP) is 0.560. The van der Waals surface area contributed by atoms with Crippen LogP contribution in [0.4, 0.5) is 9.59 Å². The first-order chi connectivity index (χ1) is 14.6. The Morgan fingerprint density at radius 1 is 0.844 bits per heavy atom. The van der Waals surface area contributed by atoms with E-state index >= 15 is 0 Å². The Morgan fingerprint density at radius 2 is 1.41 bits per heavy atom. The van der Waals surface area contributed by atoms with Crippen LogP contribution >= 0.6 is 0 Å². The van der Waals surface area contributed by atoms with E-state index in [2.05, 4.69) is 10.6 Å². The van der Waals surface area contributed by atoms with Crippen molar-refractivity contribution in [2.45, 2.75) is 64.8 Å². The van der Waals surface area contributed by atoms with Crippen LogP contribution < -0.4 is 10.6 Å². The van der Waals surface area contributed by atoms with Crippen molar-refractivity contribution in [2.75, 3.05) is 39.3 Å². The van der Waals surface area contributed by atoms with Gasteiger partial charge < -0.3 is 35.2 Å². The van der Waals surface area contributed by atoms with Gasteiger partial charge >= 0.3 is 24.1 Å². The summed E-state index contributed by atoms with van der Waals surface area (Å²) in [6.45, 7) is 12.6. The van der Waals surface area contributed by atoms with Gasteiger partial charge in [0, 0.05) is 32.7 Å². The van der Waals surface area contributed by atoms with Gasteiger partial charge in [-0.1, -0.05) is 0 Å². The summed E-state index contributed by atoms with van der Waals surface area (Å²) in [5, 5.41) is 23.6. The molecular weight excluding hydrogens is 424 g/mol. The minimum Gasteiger partial charge on any atom is -0.480 e. The molecule has 2 rings (SSSR count). The molecule has 0 unspecified atom stereocenters. The molecule has 2 amide bonds. The topological polar surface area (TPSA) is 158 Å². The molecule has 0 spiro atoms. The highest BCUT2D eigenvalue weighted by Gasteiger charge is 2.40. The van der Waals surface area contributed by atoms with Crippen molar-refractivity contribution >= 4 is 24.1 Å². The number of carbonyl (C=O) groups excluding carboxylic acids is 2. The molecule has 0 bridgehead atoms. The predicted molar refractivity (Wildman–Crippen MR) is 114 cm³/mol.